The van der Waals surface area contributed by atoms with Crippen LogP contribution in [0.15, 0.2) is 24.3 Å². The van der Waals surface area contributed by atoms with Gasteiger partial charge in [0.2, 0.25) is 5.91 Å². The Morgan fingerprint density at radius 3 is 2.32 bits per heavy atom. The van der Waals surface area contributed by atoms with Crippen molar-refractivity contribution >= 4 is 11.9 Å². The van der Waals surface area contributed by atoms with E-state index >= 15 is 0 Å². The second kappa shape index (κ2) is 6.92. The number of benzene rings is 1. The quantitative estimate of drug-likeness (QED) is 0.858. The van der Waals surface area contributed by atoms with Gasteiger partial charge >= 0.3 is 5.97 Å². The Morgan fingerprint density at radius 1 is 1.26 bits per heavy atom. The first-order valence-corrected chi connectivity index (χ1v) is 6.53. The smallest absolute Gasteiger partial charge is 0.335 e. The van der Waals surface area contributed by atoms with Gasteiger partial charge in [0.25, 0.3) is 0 Å². The van der Waals surface area contributed by atoms with Crippen LogP contribution in [0, 0.1) is 5.92 Å². The highest BCUT2D eigenvalue weighted by molar-refractivity contribution is 5.87. The zero-order valence-corrected chi connectivity index (χ0v) is 11.7. The topological polar surface area (TPSA) is 57.6 Å². The van der Waals surface area contributed by atoms with Crippen LogP contribution in [-0.2, 0) is 11.3 Å². The standard InChI is InChI=1S/C15H21NO3/c1-4-5-11(2)14(17)16(3)10-12-6-8-13(9-7-12)15(18)19/h6-9,11H,4-5,10H2,1-3H3,(H,18,19)/t11-/m1/s1. The molecule has 1 aromatic rings. The summed E-state index contributed by atoms with van der Waals surface area (Å²) in [5, 5.41) is 8.81. The van der Waals surface area contributed by atoms with Crippen LogP contribution in [0.5, 0.6) is 0 Å². The molecule has 104 valence electrons. The maximum atomic E-state index is 12.0. The zero-order valence-electron chi connectivity index (χ0n) is 11.7. The fraction of sp³-hybridized carbons (Fsp3) is 0.467. The number of carboxylic acid groups (broad SMARTS) is 1. The third kappa shape index (κ3) is 4.39. The summed E-state index contributed by atoms with van der Waals surface area (Å²) in [4.78, 5) is 24.5. The molecule has 0 aliphatic carbocycles. The van der Waals surface area contributed by atoms with E-state index < -0.39 is 5.97 Å². The monoisotopic (exact) mass is 263 g/mol. The van der Waals surface area contributed by atoms with Crippen molar-refractivity contribution in [1.82, 2.24) is 4.90 Å². The summed E-state index contributed by atoms with van der Waals surface area (Å²) in [5.74, 6) is -0.773. The van der Waals surface area contributed by atoms with E-state index in [2.05, 4.69) is 6.92 Å². The maximum absolute atomic E-state index is 12.0. The average Bonchev–Trinajstić information content (AvgIpc) is 2.38. The first kappa shape index (κ1) is 15.2. The number of aromatic carboxylic acids is 1. The van der Waals surface area contributed by atoms with E-state index in [0.717, 1.165) is 18.4 Å². The van der Waals surface area contributed by atoms with Crippen LogP contribution >= 0.6 is 0 Å². The molecule has 0 unspecified atom stereocenters. The third-order valence-electron chi connectivity index (χ3n) is 3.14. The predicted molar refractivity (Wildman–Crippen MR) is 73.9 cm³/mol. The largest absolute Gasteiger partial charge is 0.478 e. The Morgan fingerprint density at radius 2 is 1.84 bits per heavy atom. The molecule has 4 nitrogen and oxygen atoms in total. The number of carbonyl (C=O) groups excluding carboxylic acids is 1. The zero-order chi connectivity index (χ0) is 14.4. The molecule has 1 N–H and O–H groups in total. The van der Waals surface area contributed by atoms with Gasteiger partial charge in [-0.25, -0.2) is 4.79 Å². The lowest BCUT2D eigenvalue weighted by atomic mass is 10.0. The van der Waals surface area contributed by atoms with Gasteiger partial charge < -0.3 is 10.0 Å². The molecule has 0 aliphatic heterocycles. The molecule has 0 aromatic heterocycles. The number of hydrogen-bond donors (Lipinski definition) is 1. The summed E-state index contributed by atoms with van der Waals surface area (Å²) in [6, 6.07) is 6.62. The number of rotatable bonds is 6. The lowest BCUT2D eigenvalue weighted by molar-refractivity contribution is -0.134. The van der Waals surface area contributed by atoms with Gasteiger partial charge in [-0.15, -0.1) is 0 Å². The van der Waals surface area contributed by atoms with Crippen molar-refractivity contribution in [3.8, 4) is 0 Å². The minimum atomic E-state index is -0.937. The second-order valence-corrected chi connectivity index (χ2v) is 4.89. The van der Waals surface area contributed by atoms with Gasteiger partial charge in [-0.05, 0) is 24.1 Å². The Labute approximate surface area is 114 Å². The Kier molecular flexibility index (Phi) is 5.55. The van der Waals surface area contributed by atoms with Crippen LogP contribution in [-0.4, -0.2) is 28.9 Å². The van der Waals surface area contributed by atoms with E-state index in [4.69, 9.17) is 5.11 Å². The molecule has 0 saturated heterocycles. The molecule has 1 aromatic carbocycles. The Bertz CT molecular complexity index is 439. The lowest BCUT2D eigenvalue weighted by Crippen LogP contribution is -2.31. The van der Waals surface area contributed by atoms with Crippen LogP contribution < -0.4 is 0 Å². The van der Waals surface area contributed by atoms with Gasteiger partial charge in [0.1, 0.15) is 0 Å². The van der Waals surface area contributed by atoms with Gasteiger partial charge in [-0.1, -0.05) is 32.4 Å². The van der Waals surface area contributed by atoms with E-state index in [9.17, 15) is 9.59 Å². The first-order chi connectivity index (χ1) is 8.95. The fourth-order valence-corrected chi connectivity index (χ4v) is 2.04. The van der Waals surface area contributed by atoms with Crippen molar-refractivity contribution in [2.24, 2.45) is 5.92 Å². The number of hydrogen-bond acceptors (Lipinski definition) is 2. The highest BCUT2D eigenvalue weighted by Crippen LogP contribution is 2.12. The van der Waals surface area contributed by atoms with Crippen molar-refractivity contribution in [1.29, 1.82) is 0 Å². The van der Waals surface area contributed by atoms with Gasteiger partial charge in [-0.3, -0.25) is 4.79 Å². The van der Waals surface area contributed by atoms with Crippen molar-refractivity contribution in [3.63, 3.8) is 0 Å². The van der Waals surface area contributed by atoms with Gasteiger partial charge in [0, 0.05) is 19.5 Å². The summed E-state index contributed by atoms with van der Waals surface area (Å²) < 4.78 is 0. The molecular formula is C15H21NO3. The SMILES string of the molecule is CCC[C@@H](C)C(=O)N(C)Cc1ccc(C(=O)O)cc1. The molecule has 0 bridgehead atoms. The average molecular weight is 263 g/mol. The molecular weight excluding hydrogens is 242 g/mol. The number of carboxylic acids is 1. The molecule has 1 rings (SSSR count). The Hall–Kier alpha value is -1.84. The predicted octanol–water partition coefficient (Wildman–Crippen LogP) is 2.78. The van der Waals surface area contributed by atoms with Gasteiger partial charge in [0.05, 0.1) is 5.56 Å². The van der Waals surface area contributed by atoms with Crippen molar-refractivity contribution in [2.75, 3.05) is 7.05 Å². The van der Waals surface area contributed by atoms with Crippen molar-refractivity contribution < 1.29 is 14.7 Å². The lowest BCUT2D eigenvalue weighted by Gasteiger charge is -2.21. The minimum Gasteiger partial charge on any atom is -0.478 e. The van der Waals surface area contributed by atoms with E-state index in [0.29, 0.717) is 6.54 Å². The number of amides is 1. The van der Waals surface area contributed by atoms with Crippen LogP contribution in [0.4, 0.5) is 0 Å². The molecule has 0 radical (unpaired) electrons. The van der Waals surface area contributed by atoms with Crippen LogP contribution in [0.2, 0.25) is 0 Å². The number of carbonyl (C=O) groups is 2. The maximum Gasteiger partial charge on any atom is 0.335 e. The van der Waals surface area contributed by atoms with Gasteiger partial charge in [-0.2, -0.15) is 0 Å². The molecule has 0 spiro atoms. The van der Waals surface area contributed by atoms with E-state index in [1.807, 2.05) is 6.92 Å². The third-order valence-corrected chi connectivity index (χ3v) is 3.14. The molecule has 1 amide bonds. The van der Waals surface area contributed by atoms with Crippen molar-refractivity contribution in [2.45, 2.75) is 33.2 Å². The van der Waals surface area contributed by atoms with E-state index in [-0.39, 0.29) is 17.4 Å². The minimum absolute atomic E-state index is 0.0355. The fourth-order valence-electron chi connectivity index (χ4n) is 2.04. The summed E-state index contributed by atoms with van der Waals surface area (Å²) in [6.07, 6.45) is 1.88. The van der Waals surface area contributed by atoms with E-state index in [1.165, 1.54) is 0 Å². The van der Waals surface area contributed by atoms with Crippen LogP contribution in [0.25, 0.3) is 0 Å². The van der Waals surface area contributed by atoms with Crippen LogP contribution in [0.1, 0.15) is 42.6 Å². The molecule has 0 fully saturated rings. The van der Waals surface area contributed by atoms with E-state index in [1.54, 1.807) is 36.2 Å². The first-order valence-electron chi connectivity index (χ1n) is 6.53. The summed E-state index contributed by atoms with van der Waals surface area (Å²) in [7, 11) is 1.78. The molecule has 0 aliphatic rings. The highest BCUT2D eigenvalue weighted by Gasteiger charge is 2.16. The normalized spacial score (nSPS) is 11.9. The summed E-state index contributed by atoms with van der Waals surface area (Å²) >= 11 is 0. The molecule has 0 heterocycles. The Balaban J connectivity index is 2.63. The highest BCUT2D eigenvalue weighted by atomic mass is 16.4. The summed E-state index contributed by atoms with van der Waals surface area (Å²) in [5.41, 5.74) is 1.20. The van der Waals surface area contributed by atoms with Crippen molar-refractivity contribution in [3.05, 3.63) is 35.4 Å². The van der Waals surface area contributed by atoms with Crippen LogP contribution in [0.3, 0.4) is 0 Å². The summed E-state index contributed by atoms with van der Waals surface area (Å²) in [6.45, 7) is 4.51. The van der Waals surface area contributed by atoms with Gasteiger partial charge in [0.15, 0.2) is 0 Å². The molecule has 1 atom stereocenters. The molecule has 0 saturated carbocycles. The molecule has 19 heavy (non-hydrogen) atoms. The molecule has 4 heteroatoms. The second-order valence-electron chi connectivity index (χ2n) is 4.89. The number of nitrogens with zero attached hydrogens (tertiary/aromatic N) is 1.